The molecular formula is C30H31N5O5. The van der Waals surface area contributed by atoms with Crippen molar-refractivity contribution in [1.29, 1.82) is 0 Å². The van der Waals surface area contributed by atoms with E-state index in [0.717, 1.165) is 16.8 Å². The van der Waals surface area contributed by atoms with Gasteiger partial charge in [-0.2, -0.15) is 4.98 Å². The SMILES string of the molecule is Cc1c(NC(=O)OC(C)(C)C)ccc2nc(N3CCc4ccccc4C3C(=O)NCc3ccccn3)oc(=O)c12. The molecule has 0 aliphatic carbocycles. The largest absolute Gasteiger partial charge is 0.444 e. The van der Waals surface area contributed by atoms with Gasteiger partial charge in [-0.3, -0.25) is 15.1 Å². The van der Waals surface area contributed by atoms with Gasteiger partial charge in [0, 0.05) is 18.4 Å². The Balaban J connectivity index is 1.48. The van der Waals surface area contributed by atoms with Crippen LogP contribution in [0.15, 0.2) is 70.0 Å². The Labute approximate surface area is 231 Å². The number of pyridine rings is 1. The summed E-state index contributed by atoms with van der Waals surface area (Å²) in [5, 5.41) is 5.90. The Morgan fingerprint density at radius 1 is 1.10 bits per heavy atom. The standard InChI is InChI=1S/C30H31N5O5/c1-18-22(34-29(38)40-30(2,3)4)12-13-23-24(18)27(37)39-28(33-23)35-16-14-19-9-5-6-11-21(19)25(35)26(36)32-17-20-10-7-8-15-31-20/h5-13,15,25H,14,16-17H2,1-4H3,(H,32,36)(H,34,38). The molecule has 3 heterocycles. The zero-order chi connectivity index (χ0) is 28.4. The van der Waals surface area contributed by atoms with Crippen LogP contribution in [0.1, 0.15) is 49.2 Å². The van der Waals surface area contributed by atoms with Crippen LogP contribution in [-0.2, 0) is 22.5 Å². The number of amides is 2. The number of nitrogens with one attached hydrogen (secondary N) is 2. The van der Waals surface area contributed by atoms with E-state index in [2.05, 4.69) is 20.6 Å². The van der Waals surface area contributed by atoms with Crippen molar-refractivity contribution in [2.45, 2.75) is 52.3 Å². The van der Waals surface area contributed by atoms with Crippen LogP contribution in [0.2, 0.25) is 0 Å². The fraction of sp³-hybridized carbons (Fsp3) is 0.300. The fourth-order valence-electron chi connectivity index (χ4n) is 4.81. The Bertz CT molecular complexity index is 1630. The summed E-state index contributed by atoms with van der Waals surface area (Å²) in [4.78, 5) is 49.8. The van der Waals surface area contributed by atoms with E-state index in [1.54, 1.807) is 50.9 Å². The zero-order valence-corrected chi connectivity index (χ0v) is 22.9. The van der Waals surface area contributed by atoms with Crippen molar-refractivity contribution in [3.8, 4) is 0 Å². The number of ether oxygens (including phenoxy) is 1. The third kappa shape index (κ3) is 5.66. The number of rotatable bonds is 5. The summed E-state index contributed by atoms with van der Waals surface area (Å²) < 4.78 is 11.1. The van der Waals surface area contributed by atoms with E-state index in [9.17, 15) is 14.4 Å². The van der Waals surface area contributed by atoms with Crippen LogP contribution >= 0.6 is 0 Å². The molecule has 1 aliphatic heterocycles. The summed E-state index contributed by atoms with van der Waals surface area (Å²) in [5.74, 6) is -0.254. The summed E-state index contributed by atoms with van der Waals surface area (Å²) in [6.45, 7) is 7.70. The van der Waals surface area contributed by atoms with Gasteiger partial charge in [0.1, 0.15) is 11.6 Å². The Morgan fingerprint density at radius 2 is 1.88 bits per heavy atom. The van der Waals surface area contributed by atoms with Gasteiger partial charge >= 0.3 is 17.7 Å². The van der Waals surface area contributed by atoms with E-state index in [0.29, 0.717) is 29.7 Å². The quantitative estimate of drug-likeness (QED) is 0.374. The third-order valence-electron chi connectivity index (χ3n) is 6.63. The molecule has 10 heteroatoms. The molecular weight excluding hydrogens is 510 g/mol. The molecule has 2 aromatic carbocycles. The number of carbonyl (C=O) groups excluding carboxylic acids is 2. The van der Waals surface area contributed by atoms with E-state index >= 15 is 0 Å². The van der Waals surface area contributed by atoms with Gasteiger partial charge in [0.25, 0.3) is 0 Å². The van der Waals surface area contributed by atoms with Crippen LogP contribution in [-0.4, -0.2) is 34.1 Å². The number of nitrogens with zero attached hydrogens (tertiary/aromatic N) is 3. The average molecular weight is 542 g/mol. The number of aromatic nitrogens is 2. The van der Waals surface area contributed by atoms with Gasteiger partial charge < -0.3 is 19.4 Å². The van der Waals surface area contributed by atoms with E-state index < -0.39 is 23.4 Å². The molecule has 10 nitrogen and oxygen atoms in total. The van der Waals surface area contributed by atoms with Gasteiger partial charge in [0.15, 0.2) is 0 Å². The second-order valence-electron chi connectivity index (χ2n) is 10.6. The lowest BCUT2D eigenvalue weighted by Crippen LogP contribution is -2.45. The van der Waals surface area contributed by atoms with Crippen molar-refractivity contribution in [2.75, 3.05) is 16.8 Å². The number of hydrogen-bond donors (Lipinski definition) is 2. The summed E-state index contributed by atoms with van der Waals surface area (Å²) in [6, 6.07) is 15.9. The van der Waals surface area contributed by atoms with Crippen LogP contribution in [0.3, 0.4) is 0 Å². The van der Waals surface area contributed by atoms with Crippen molar-refractivity contribution < 1.29 is 18.7 Å². The smallest absolute Gasteiger partial charge is 0.412 e. The number of aryl methyl sites for hydroxylation is 1. The topological polar surface area (TPSA) is 127 Å². The molecule has 1 atom stereocenters. The molecule has 0 saturated carbocycles. The second kappa shape index (κ2) is 10.8. The molecule has 4 aromatic rings. The number of carbonyl (C=O) groups is 2. The first kappa shape index (κ1) is 26.9. The predicted molar refractivity (Wildman–Crippen MR) is 151 cm³/mol. The maximum Gasteiger partial charge on any atom is 0.412 e. The molecule has 2 aromatic heterocycles. The molecule has 206 valence electrons. The molecule has 0 radical (unpaired) electrons. The van der Waals surface area contributed by atoms with Crippen molar-refractivity contribution in [3.63, 3.8) is 0 Å². The summed E-state index contributed by atoms with van der Waals surface area (Å²) >= 11 is 0. The summed E-state index contributed by atoms with van der Waals surface area (Å²) in [6.07, 6.45) is 1.70. The molecule has 40 heavy (non-hydrogen) atoms. The van der Waals surface area contributed by atoms with Gasteiger partial charge in [-0.15, -0.1) is 0 Å². The van der Waals surface area contributed by atoms with Crippen LogP contribution in [0.25, 0.3) is 10.9 Å². The Kier molecular flexibility index (Phi) is 7.25. The van der Waals surface area contributed by atoms with Crippen molar-refractivity contribution in [2.24, 2.45) is 0 Å². The maximum absolute atomic E-state index is 13.6. The highest BCUT2D eigenvalue weighted by atomic mass is 16.6. The van der Waals surface area contributed by atoms with Crippen molar-refractivity contribution in [1.82, 2.24) is 15.3 Å². The minimum atomic E-state index is -0.754. The highest BCUT2D eigenvalue weighted by Crippen LogP contribution is 2.34. The molecule has 0 saturated heterocycles. The van der Waals surface area contributed by atoms with E-state index in [-0.39, 0.29) is 23.9 Å². The van der Waals surface area contributed by atoms with Crippen LogP contribution < -0.4 is 21.2 Å². The predicted octanol–water partition coefficient (Wildman–Crippen LogP) is 4.66. The summed E-state index contributed by atoms with van der Waals surface area (Å²) in [5.41, 5.74) is 2.64. The van der Waals surface area contributed by atoms with Crippen LogP contribution in [0.5, 0.6) is 0 Å². The lowest BCUT2D eigenvalue weighted by Gasteiger charge is -2.35. The Hall–Kier alpha value is -4.73. The minimum absolute atomic E-state index is 0.0530. The highest BCUT2D eigenvalue weighted by Gasteiger charge is 2.35. The van der Waals surface area contributed by atoms with Gasteiger partial charge in [-0.25, -0.2) is 9.59 Å². The minimum Gasteiger partial charge on any atom is -0.444 e. The van der Waals surface area contributed by atoms with Crippen LogP contribution in [0.4, 0.5) is 16.5 Å². The number of fused-ring (bicyclic) bond motifs is 2. The highest BCUT2D eigenvalue weighted by molar-refractivity contribution is 5.93. The molecule has 2 N–H and O–H groups in total. The average Bonchev–Trinajstić information content (AvgIpc) is 2.92. The molecule has 5 rings (SSSR count). The molecule has 0 spiro atoms. The lowest BCUT2D eigenvalue weighted by molar-refractivity contribution is -0.123. The number of benzene rings is 2. The van der Waals surface area contributed by atoms with Gasteiger partial charge in [-0.05, 0) is 75.1 Å². The maximum atomic E-state index is 13.6. The zero-order valence-electron chi connectivity index (χ0n) is 22.9. The molecule has 0 fully saturated rings. The number of anilines is 2. The van der Waals surface area contributed by atoms with Gasteiger partial charge in [0.2, 0.25) is 5.91 Å². The first-order chi connectivity index (χ1) is 19.1. The van der Waals surface area contributed by atoms with Crippen LogP contribution in [0, 0.1) is 6.92 Å². The molecule has 1 aliphatic rings. The van der Waals surface area contributed by atoms with E-state index in [4.69, 9.17) is 9.15 Å². The van der Waals surface area contributed by atoms with Gasteiger partial charge in [0.05, 0.1) is 23.1 Å². The summed E-state index contributed by atoms with van der Waals surface area (Å²) in [7, 11) is 0. The fourth-order valence-corrected chi connectivity index (χ4v) is 4.81. The van der Waals surface area contributed by atoms with Gasteiger partial charge in [-0.1, -0.05) is 30.3 Å². The lowest BCUT2D eigenvalue weighted by atomic mass is 9.92. The van der Waals surface area contributed by atoms with Crippen molar-refractivity contribution >= 4 is 34.6 Å². The third-order valence-corrected chi connectivity index (χ3v) is 6.63. The molecule has 1 unspecified atom stereocenters. The second-order valence-corrected chi connectivity index (χ2v) is 10.6. The molecule has 0 bridgehead atoms. The van der Waals surface area contributed by atoms with E-state index in [1.807, 2.05) is 42.5 Å². The Morgan fingerprint density at radius 3 is 2.62 bits per heavy atom. The first-order valence-electron chi connectivity index (χ1n) is 13.1. The molecule has 2 amide bonds. The van der Waals surface area contributed by atoms with E-state index in [1.165, 1.54) is 0 Å². The first-order valence-corrected chi connectivity index (χ1v) is 13.1. The normalized spacial score (nSPS) is 14.9. The number of hydrogen-bond acceptors (Lipinski definition) is 8. The monoisotopic (exact) mass is 541 g/mol. The van der Waals surface area contributed by atoms with Crippen molar-refractivity contribution in [3.05, 3.63) is 93.6 Å².